The molecule has 7 heteroatoms. The highest BCUT2D eigenvalue weighted by atomic mass is 32.2. The third kappa shape index (κ3) is 4.05. The molecular formula is C22H22N4O2S. The van der Waals surface area contributed by atoms with Gasteiger partial charge in [0, 0.05) is 23.6 Å². The number of para-hydroxylation sites is 1. The van der Waals surface area contributed by atoms with Crippen LogP contribution in [0.25, 0.3) is 5.69 Å². The summed E-state index contributed by atoms with van der Waals surface area (Å²) < 4.78 is 1.74. The molecule has 0 atom stereocenters. The van der Waals surface area contributed by atoms with E-state index in [1.807, 2.05) is 62.4 Å². The van der Waals surface area contributed by atoms with E-state index in [4.69, 9.17) is 0 Å². The maximum Gasteiger partial charge on any atom is 0.314 e. The molecular weight excluding hydrogens is 384 g/mol. The Morgan fingerprint density at radius 1 is 1.03 bits per heavy atom. The lowest BCUT2D eigenvalue weighted by molar-refractivity contribution is -0.136. The number of benzene rings is 2. The van der Waals surface area contributed by atoms with Crippen LogP contribution in [0.5, 0.6) is 0 Å². The number of aromatic nitrogens is 2. The molecule has 2 N–H and O–H groups in total. The largest absolute Gasteiger partial charge is 0.344 e. The standard InChI is InChI=1S/C22H22N4O2S/c1-14-7-9-16(10-8-14)11-23-21(27)22(28)24-20-17-12-29-13-18(17)25-26(20)19-6-4-3-5-15(19)2/h3-10H,11-13H2,1-2H3,(H,23,27)(H,24,28). The second-order valence-electron chi connectivity index (χ2n) is 7.09. The van der Waals surface area contributed by atoms with E-state index >= 15 is 0 Å². The highest BCUT2D eigenvalue weighted by Crippen LogP contribution is 2.36. The van der Waals surface area contributed by atoms with E-state index in [0.29, 0.717) is 12.4 Å². The van der Waals surface area contributed by atoms with E-state index in [2.05, 4.69) is 15.7 Å². The number of thioether (sulfide) groups is 1. The zero-order valence-corrected chi connectivity index (χ0v) is 17.2. The minimum Gasteiger partial charge on any atom is -0.344 e. The summed E-state index contributed by atoms with van der Waals surface area (Å²) in [6.07, 6.45) is 0. The first-order valence-electron chi connectivity index (χ1n) is 9.42. The van der Waals surface area contributed by atoms with Crippen LogP contribution in [0.2, 0.25) is 0 Å². The molecule has 2 amide bonds. The monoisotopic (exact) mass is 406 g/mol. The quantitative estimate of drug-likeness (QED) is 0.651. The maximum absolute atomic E-state index is 12.6. The molecule has 2 aromatic carbocycles. The number of nitrogens with one attached hydrogen (secondary N) is 2. The second kappa shape index (κ2) is 8.13. The van der Waals surface area contributed by atoms with Gasteiger partial charge in [0.05, 0.1) is 11.4 Å². The fraction of sp³-hybridized carbons (Fsp3) is 0.227. The van der Waals surface area contributed by atoms with Crippen LogP contribution in [0.3, 0.4) is 0 Å². The Labute approximate surface area is 173 Å². The number of carbonyl (C=O) groups excluding carboxylic acids is 2. The zero-order valence-electron chi connectivity index (χ0n) is 16.4. The van der Waals surface area contributed by atoms with Crippen LogP contribution in [-0.4, -0.2) is 21.6 Å². The Morgan fingerprint density at radius 2 is 1.79 bits per heavy atom. The van der Waals surface area contributed by atoms with E-state index in [0.717, 1.165) is 45.1 Å². The van der Waals surface area contributed by atoms with Crippen molar-refractivity contribution in [3.8, 4) is 5.69 Å². The van der Waals surface area contributed by atoms with Crippen LogP contribution < -0.4 is 10.6 Å². The van der Waals surface area contributed by atoms with Gasteiger partial charge in [0.25, 0.3) is 0 Å². The first-order chi connectivity index (χ1) is 14.0. The van der Waals surface area contributed by atoms with E-state index in [9.17, 15) is 9.59 Å². The van der Waals surface area contributed by atoms with Gasteiger partial charge < -0.3 is 10.6 Å². The molecule has 1 aliphatic heterocycles. The first-order valence-corrected chi connectivity index (χ1v) is 10.6. The second-order valence-corrected chi connectivity index (χ2v) is 8.07. The lowest BCUT2D eigenvalue weighted by Gasteiger charge is -2.13. The average molecular weight is 407 g/mol. The van der Waals surface area contributed by atoms with Crippen molar-refractivity contribution in [3.63, 3.8) is 0 Å². The number of amides is 2. The van der Waals surface area contributed by atoms with Crippen molar-refractivity contribution in [1.29, 1.82) is 0 Å². The number of hydrogen-bond acceptors (Lipinski definition) is 4. The normalized spacial score (nSPS) is 12.5. The predicted octanol–water partition coefficient (Wildman–Crippen LogP) is 3.49. The molecule has 0 bridgehead atoms. The van der Waals surface area contributed by atoms with Crippen LogP contribution in [0.1, 0.15) is 27.9 Å². The molecule has 148 valence electrons. The third-order valence-corrected chi connectivity index (χ3v) is 5.88. The van der Waals surface area contributed by atoms with Gasteiger partial charge in [0.2, 0.25) is 0 Å². The average Bonchev–Trinajstić information content (AvgIpc) is 3.30. The van der Waals surface area contributed by atoms with Gasteiger partial charge in [-0.1, -0.05) is 48.0 Å². The molecule has 0 saturated heterocycles. The number of carbonyl (C=O) groups is 2. The van der Waals surface area contributed by atoms with Gasteiger partial charge in [-0.15, -0.1) is 0 Å². The summed E-state index contributed by atoms with van der Waals surface area (Å²) in [5.74, 6) is 0.794. The number of aryl methyl sites for hydroxylation is 2. The summed E-state index contributed by atoms with van der Waals surface area (Å²) in [6.45, 7) is 4.30. The fourth-order valence-corrected chi connectivity index (χ4v) is 4.28. The van der Waals surface area contributed by atoms with Gasteiger partial charge in [-0.05, 0) is 31.0 Å². The minimum absolute atomic E-state index is 0.303. The molecule has 0 unspecified atom stereocenters. The maximum atomic E-state index is 12.6. The number of anilines is 1. The van der Waals surface area contributed by atoms with Crippen LogP contribution >= 0.6 is 11.8 Å². The molecule has 29 heavy (non-hydrogen) atoms. The van der Waals surface area contributed by atoms with Crippen molar-refractivity contribution in [2.75, 3.05) is 5.32 Å². The molecule has 3 aromatic rings. The van der Waals surface area contributed by atoms with Gasteiger partial charge in [0.15, 0.2) is 0 Å². The summed E-state index contributed by atoms with van der Waals surface area (Å²) in [5.41, 5.74) is 5.96. The number of hydrogen-bond donors (Lipinski definition) is 2. The SMILES string of the molecule is Cc1ccc(CNC(=O)C(=O)Nc2c3c(nn2-c2ccccc2C)CSC3)cc1. The van der Waals surface area contributed by atoms with Crippen molar-refractivity contribution < 1.29 is 9.59 Å². The highest BCUT2D eigenvalue weighted by molar-refractivity contribution is 7.98. The minimum atomic E-state index is -0.688. The van der Waals surface area contributed by atoms with E-state index in [-0.39, 0.29) is 0 Å². The summed E-state index contributed by atoms with van der Waals surface area (Å²) >= 11 is 1.75. The number of rotatable bonds is 4. The van der Waals surface area contributed by atoms with Crippen LogP contribution in [-0.2, 0) is 27.6 Å². The number of nitrogens with zero attached hydrogens (tertiary/aromatic N) is 2. The lowest BCUT2D eigenvalue weighted by atomic mass is 10.1. The molecule has 0 spiro atoms. The predicted molar refractivity (Wildman–Crippen MR) is 115 cm³/mol. The van der Waals surface area contributed by atoms with Crippen molar-refractivity contribution in [1.82, 2.24) is 15.1 Å². The van der Waals surface area contributed by atoms with Crippen LogP contribution in [0.4, 0.5) is 5.82 Å². The molecule has 0 radical (unpaired) electrons. The van der Waals surface area contributed by atoms with Crippen molar-refractivity contribution in [3.05, 3.63) is 76.5 Å². The van der Waals surface area contributed by atoms with Gasteiger partial charge in [-0.2, -0.15) is 16.9 Å². The summed E-state index contributed by atoms with van der Waals surface area (Å²) in [7, 11) is 0. The molecule has 0 saturated carbocycles. The molecule has 6 nitrogen and oxygen atoms in total. The van der Waals surface area contributed by atoms with Gasteiger partial charge in [-0.3, -0.25) is 9.59 Å². The third-order valence-electron chi connectivity index (χ3n) is 4.91. The summed E-state index contributed by atoms with van der Waals surface area (Å²) in [6, 6.07) is 15.7. The van der Waals surface area contributed by atoms with Crippen LogP contribution in [0, 0.1) is 13.8 Å². The molecule has 4 rings (SSSR count). The zero-order chi connectivity index (χ0) is 20.4. The van der Waals surface area contributed by atoms with E-state index in [1.165, 1.54) is 0 Å². The van der Waals surface area contributed by atoms with Crippen molar-refractivity contribution in [2.24, 2.45) is 0 Å². The molecule has 0 aliphatic carbocycles. The fourth-order valence-electron chi connectivity index (χ4n) is 3.25. The van der Waals surface area contributed by atoms with Gasteiger partial charge in [-0.25, -0.2) is 4.68 Å². The topological polar surface area (TPSA) is 76.0 Å². The van der Waals surface area contributed by atoms with Crippen LogP contribution in [0.15, 0.2) is 48.5 Å². The number of fused-ring (bicyclic) bond motifs is 1. The van der Waals surface area contributed by atoms with Crippen molar-refractivity contribution >= 4 is 29.4 Å². The Balaban J connectivity index is 1.52. The molecule has 2 heterocycles. The summed E-state index contributed by atoms with van der Waals surface area (Å²) in [4.78, 5) is 24.9. The Morgan fingerprint density at radius 3 is 2.55 bits per heavy atom. The van der Waals surface area contributed by atoms with Gasteiger partial charge in [0.1, 0.15) is 5.82 Å². The molecule has 0 fully saturated rings. The lowest BCUT2D eigenvalue weighted by Crippen LogP contribution is -2.35. The van der Waals surface area contributed by atoms with E-state index < -0.39 is 11.8 Å². The molecule has 1 aliphatic rings. The Kier molecular flexibility index (Phi) is 5.40. The first kappa shape index (κ1) is 19.3. The molecule has 1 aromatic heterocycles. The Hall–Kier alpha value is -3.06. The van der Waals surface area contributed by atoms with Crippen molar-refractivity contribution in [2.45, 2.75) is 31.9 Å². The smallest absolute Gasteiger partial charge is 0.314 e. The Bertz CT molecular complexity index is 1070. The van der Waals surface area contributed by atoms with Gasteiger partial charge >= 0.3 is 11.8 Å². The van der Waals surface area contributed by atoms with E-state index in [1.54, 1.807) is 16.4 Å². The summed E-state index contributed by atoms with van der Waals surface area (Å²) in [5, 5.41) is 10.2. The highest BCUT2D eigenvalue weighted by Gasteiger charge is 2.26.